The fourth-order valence-corrected chi connectivity index (χ4v) is 3.98. The maximum absolute atomic E-state index is 13.1. The first-order chi connectivity index (χ1) is 14.4. The highest BCUT2D eigenvalue weighted by Gasteiger charge is 2.15. The summed E-state index contributed by atoms with van der Waals surface area (Å²) in [5, 5.41) is 5.40. The largest absolute Gasteiger partial charge is 0.315 e. The number of fused-ring (bicyclic) bond motifs is 1. The number of aryl methyl sites for hydroxylation is 2. The van der Waals surface area contributed by atoms with Crippen molar-refractivity contribution in [2.24, 2.45) is 0 Å². The van der Waals surface area contributed by atoms with Gasteiger partial charge in [-0.1, -0.05) is 23.9 Å². The number of anilines is 1. The molecule has 0 unspecified atom stereocenters. The molecule has 30 heavy (non-hydrogen) atoms. The van der Waals surface area contributed by atoms with Crippen molar-refractivity contribution in [1.82, 2.24) is 14.6 Å². The Bertz CT molecular complexity index is 1220. The van der Waals surface area contributed by atoms with Crippen LogP contribution < -0.4 is 4.90 Å². The Morgan fingerprint density at radius 1 is 1.10 bits per heavy atom. The van der Waals surface area contributed by atoms with E-state index in [1.165, 1.54) is 39.9 Å². The second kappa shape index (κ2) is 8.28. The van der Waals surface area contributed by atoms with Crippen LogP contribution in [-0.4, -0.2) is 33.3 Å². The predicted octanol–water partition coefficient (Wildman–Crippen LogP) is 4.91. The van der Waals surface area contributed by atoms with Crippen LogP contribution in [0.25, 0.3) is 16.8 Å². The van der Waals surface area contributed by atoms with Crippen LogP contribution in [0.5, 0.6) is 0 Å². The first-order valence-corrected chi connectivity index (χ1v) is 10.5. The zero-order valence-electron chi connectivity index (χ0n) is 17.0. The van der Waals surface area contributed by atoms with Crippen molar-refractivity contribution in [3.8, 4) is 11.3 Å². The molecule has 2 aromatic heterocycles. The third kappa shape index (κ3) is 4.07. The van der Waals surface area contributed by atoms with Gasteiger partial charge in [-0.15, -0.1) is 0 Å². The van der Waals surface area contributed by atoms with E-state index < -0.39 is 0 Å². The van der Waals surface area contributed by atoms with Crippen LogP contribution in [0.1, 0.15) is 11.1 Å². The number of carbonyl (C=O) groups excluding carboxylic acids is 1. The summed E-state index contributed by atoms with van der Waals surface area (Å²) >= 11 is 1.36. The highest BCUT2D eigenvalue weighted by molar-refractivity contribution is 8.00. The zero-order chi connectivity index (χ0) is 21.3. The number of thioether (sulfide) groups is 1. The standard InChI is InChI=1S/C23H21FN4OS/c1-15-4-5-17(12-16(15)2)20-13-21-23(25-10-11-28(21)26-20)30-14-22(29)27(3)19-8-6-18(24)7-9-19/h4-13H,14H2,1-3H3. The van der Waals surface area contributed by atoms with Crippen LogP contribution in [0, 0.1) is 19.7 Å². The summed E-state index contributed by atoms with van der Waals surface area (Å²) in [6.45, 7) is 4.17. The Morgan fingerprint density at radius 2 is 1.87 bits per heavy atom. The van der Waals surface area contributed by atoms with Gasteiger partial charge in [-0.25, -0.2) is 13.9 Å². The Labute approximate surface area is 178 Å². The van der Waals surface area contributed by atoms with Crippen molar-refractivity contribution in [2.45, 2.75) is 18.9 Å². The molecule has 2 heterocycles. The van der Waals surface area contributed by atoms with E-state index in [9.17, 15) is 9.18 Å². The quantitative estimate of drug-likeness (QED) is 0.431. The van der Waals surface area contributed by atoms with Gasteiger partial charge in [-0.2, -0.15) is 5.10 Å². The number of aromatic nitrogens is 3. The molecular formula is C23H21FN4OS. The minimum Gasteiger partial charge on any atom is -0.315 e. The van der Waals surface area contributed by atoms with Crippen molar-refractivity contribution in [1.29, 1.82) is 0 Å². The third-order valence-electron chi connectivity index (χ3n) is 5.08. The minimum absolute atomic E-state index is 0.0932. The number of benzene rings is 2. The zero-order valence-corrected chi connectivity index (χ0v) is 17.8. The highest BCUT2D eigenvalue weighted by Crippen LogP contribution is 2.27. The summed E-state index contributed by atoms with van der Waals surface area (Å²) < 4.78 is 14.9. The Hall–Kier alpha value is -3.19. The Balaban J connectivity index is 1.54. The van der Waals surface area contributed by atoms with Crippen molar-refractivity contribution < 1.29 is 9.18 Å². The number of halogens is 1. The second-order valence-electron chi connectivity index (χ2n) is 7.11. The lowest BCUT2D eigenvalue weighted by Crippen LogP contribution is -2.27. The van der Waals surface area contributed by atoms with Gasteiger partial charge in [0, 0.05) is 30.7 Å². The molecule has 0 spiro atoms. The van der Waals surface area contributed by atoms with Crippen LogP contribution in [0.2, 0.25) is 0 Å². The topological polar surface area (TPSA) is 50.5 Å². The fraction of sp³-hybridized carbons (Fsp3) is 0.174. The first-order valence-electron chi connectivity index (χ1n) is 9.49. The molecule has 4 aromatic rings. The maximum atomic E-state index is 13.1. The first kappa shape index (κ1) is 20.1. The van der Waals surface area contributed by atoms with Gasteiger partial charge in [0.15, 0.2) is 0 Å². The fourth-order valence-electron chi connectivity index (χ4n) is 3.09. The number of amides is 1. The minimum atomic E-state index is -0.329. The summed E-state index contributed by atoms with van der Waals surface area (Å²) in [4.78, 5) is 18.6. The molecule has 2 aromatic carbocycles. The van der Waals surface area contributed by atoms with Gasteiger partial charge in [0.25, 0.3) is 0 Å². The third-order valence-corrected chi connectivity index (χ3v) is 6.06. The van der Waals surface area contributed by atoms with E-state index in [0.717, 1.165) is 21.8 Å². The summed E-state index contributed by atoms with van der Waals surface area (Å²) in [5.41, 5.74) is 5.87. The monoisotopic (exact) mass is 420 g/mol. The van der Waals surface area contributed by atoms with E-state index in [4.69, 9.17) is 0 Å². The van der Waals surface area contributed by atoms with Crippen molar-refractivity contribution >= 4 is 28.9 Å². The van der Waals surface area contributed by atoms with E-state index >= 15 is 0 Å². The van der Waals surface area contributed by atoms with E-state index in [1.807, 2.05) is 6.07 Å². The van der Waals surface area contributed by atoms with Crippen molar-refractivity contribution in [3.05, 3.63) is 77.9 Å². The molecule has 0 aliphatic carbocycles. The van der Waals surface area contributed by atoms with Crippen LogP contribution >= 0.6 is 11.8 Å². The van der Waals surface area contributed by atoms with Gasteiger partial charge in [-0.05, 0) is 61.4 Å². The van der Waals surface area contributed by atoms with Gasteiger partial charge in [-0.3, -0.25) is 4.79 Å². The Morgan fingerprint density at radius 3 is 2.60 bits per heavy atom. The lowest BCUT2D eigenvalue weighted by Gasteiger charge is -2.17. The SMILES string of the molecule is Cc1ccc(-c2cc3c(SCC(=O)N(C)c4ccc(F)cc4)nccn3n2)cc1C. The molecule has 0 aliphatic heterocycles. The van der Waals surface area contributed by atoms with E-state index in [1.54, 1.807) is 36.1 Å². The molecule has 0 N–H and O–H groups in total. The smallest absolute Gasteiger partial charge is 0.237 e. The average Bonchev–Trinajstić information content (AvgIpc) is 3.19. The predicted molar refractivity (Wildman–Crippen MR) is 118 cm³/mol. The lowest BCUT2D eigenvalue weighted by atomic mass is 10.0. The molecule has 1 amide bonds. The molecule has 0 radical (unpaired) electrons. The van der Waals surface area contributed by atoms with Crippen molar-refractivity contribution in [2.75, 3.05) is 17.7 Å². The van der Waals surface area contributed by atoms with E-state index in [0.29, 0.717) is 5.69 Å². The van der Waals surface area contributed by atoms with Crippen LogP contribution in [-0.2, 0) is 4.79 Å². The summed E-state index contributed by atoms with van der Waals surface area (Å²) in [6, 6.07) is 14.1. The average molecular weight is 421 g/mol. The number of hydrogen-bond acceptors (Lipinski definition) is 4. The van der Waals surface area contributed by atoms with E-state index in [2.05, 4.69) is 42.1 Å². The number of nitrogens with zero attached hydrogens (tertiary/aromatic N) is 4. The molecule has 5 nitrogen and oxygen atoms in total. The second-order valence-corrected chi connectivity index (χ2v) is 8.07. The maximum Gasteiger partial charge on any atom is 0.237 e. The van der Waals surface area contributed by atoms with E-state index in [-0.39, 0.29) is 17.5 Å². The molecule has 4 rings (SSSR count). The van der Waals surface area contributed by atoms with Crippen LogP contribution in [0.3, 0.4) is 0 Å². The molecule has 0 atom stereocenters. The molecule has 0 bridgehead atoms. The number of rotatable bonds is 5. The molecule has 0 saturated heterocycles. The molecule has 7 heteroatoms. The summed E-state index contributed by atoms with van der Waals surface area (Å²) in [7, 11) is 1.68. The molecule has 0 aliphatic rings. The molecule has 0 saturated carbocycles. The lowest BCUT2D eigenvalue weighted by molar-refractivity contribution is -0.115. The van der Waals surface area contributed by atoms with Gasteiger partial charge in [0.1, 0.15) is 10.8 Å². The Kier molecular flexibility index (Phi) is 5.55. The normalized spacial score (nSPS) is 11.1. The molecule has 152 valence electrons. The number of carbonyl (C=O) groups is 1. The van der Waals surface area contributed by atoms with Gasteiger partial charge in [0.05, 0.1) is 17.0 Å². The highest BCUT2D eigenvalue weighted by atomic mass is 32.2. The van der Waals surface area contributed by atoms with Gasteiger partial charge >= 0.3 is 0 Å². The number of hydrogen-bond donors (Lipinski definition) is 0. The van der Waals surface area contributed by atoms with Crippen LogP contribution in [0.4, 0.5) is 10.1 Å². The summed E-state index contributed by atoms with van der Waals surface area (Å²) in [6.07, 6.45) is 3.48. The van der Waals surface area contributed by atoms with Crippen molar-refractivity contribution in [3.63, 3.8) is 0 Å². The van der Waals surface area contributed by atoms with Crippen LogP contribution in [0.15, 0.2) is 66.0 Å². The molecule has 0 fully saturated rings. The molecular weight excluding hydrogens is 399 g/mol. The van der Waals surface area contributed by atoms with Gasteiger partial charge < -0.3 is 4.90 Å². The van der Waals surface area contributed by atoms with Gasteiger partial charge in [0.2, 0.25) is 5.91 Å². The summed E-state index contributed by atoms with van der Waals surface area (Å²) in [5.74, 6) is -0.209.